The van der Waals surface area contributed by atoms with Crippen molar-refractivity contribution in [3.63, 3.8) is 0 Å². The average molecular weight is 409 g/mol. The fraction of sp³-hybridized carbons (Fsp3) is 0.125. The molecule has 0 spiro atoms. The minimum absolute atomic E-state index is 0.00762. The minimum Gasteiger partial charge on any atom is -0.460 e. The number of rotatable bonds is 6. The van der Waals surface area contributed by atoms with Crippen molar-refractivity contribution in [3.8, 4) is 6.07 Å². The molecule has 2 rings (SSSR count). The van der Waals surface area contributed by atoms with Crippen molar-refractivity contribution in [3.05, 3.63) is 64.1 Å². The van der Waals surface area contributed by atoms with Gasteiger partial charge < -0.3 is 4.74 Å². The molecule has 124 valence electrons. The van der Waals surface area contributed by atoms with Crippen molar-refractivity contribution in [2.75, 3.05) is 6.54 Å². The van der Waals surface area contributed by atoms with Gasteiger partial charge in [-0.25, -0.2) is 8.42 Å². The third kappa shape index (κ3) is 4.89. The Morgan fingerprint density at radius 1 is 1.17 bits per heavy atom. The van der Waals surface area contributed by atoms with Crippen LogP contribution in [-0.2, 0) is 26.2 Å². The number of ether oxygens (including phenoxy) is 1. The van der Waals surface area contributed by atoms with Crippen LogP contribution in [-0.4, -0.2) is 20.9 Å². The van der Waals surface area contributed by atoms with Gasteiger partial charge in [-0.1, -0.05) is 40.2 Å². The van der Waals surface area contributed by atoms with Crippen LogP contribution in [0.5, 0.6) is 0 Å². The van der Waals surface area contributed by atoms with Gasteiger partial charge in [0.15, 0.2) is 0 Å². The quantitative estimate of drug-likeness (QED) is 0.739. The zero-order valence-electron chi connectivity index (χ0n) is 12.4. The normalized spacial score (nSPS) is 10.8. The number of carbonyl (C=O) groups is 1. The van der Waals surface area contributed by atoms with Crippen molar-refractivity contribution in [2.45, 2.75) is 11.5 Å². The lowest BCUT2D eigenvalue weighted by Gasteiger charge is -2.08. The van der Waals surface area contributed by atoms with Crippen LogP contribution in [0.15, 0.2) is 57.9 Å². The van der Waals surface area contributed by atoms with E-state index in [0.29, 0.717) is 0 Å². The number of hydrogen-bond donors (Lipinski definition) is 1. The van der Waals surface area contributed by atoms with Gasteiger partial charge in [0.25, 0.3) is 0 Å². The van der Waals surface area contributed by atoms with Gasteiger partial charge in [-0.05, 0) is 29.8 Å². The van der Waals surface area contributed by atoms with Crippen molar-refractivity contribution < 1.29 is 17.9 Å². The number of esters is 1. The van der Waals surface area contributed by atoms with Crippen LogP contribution in [0.25, 0.3) is 0 Å². The summed E-state index contributed by atoms with van der Waals surface area (Å²) < 4.78 is 32.4. The summed E-state index contributed by atoms with van der Waals surface area (Å²) in [6.07, 6.45) is 0. The maximum Gasteiger partial charge on any atom is 0.321 e. The number of carbonyl (C=O) groups excluding carboxylic acids is 1. The predicted octanol–water partition coefficient (Wildman–Crippen LogP) is 2.34. The third-order valence-corrected chi connectivity index (χ3v) is 5.00. The Morgan fingerprint density at radius 2 is 1.83 bits per heavy atom. The highest BCUT2D eigenvalue weighted by atomic mass is 79.9. The summed E-state index contributed by atoms with van der Waals surface area (Å²) in [7, 11) is -3.97. The van der Waals surface area contributed by atoms with Gasteiger partial charge in [-0.2, -0.15) is 9.98 Å². The summed E-state index contributed by atoms with van der Waals surface area (Å²) in [5, 5.41) is 8.95. The molecule has 0 fully saturated rings. The SMILES string of the molecule is N#Cc1ccccc1S(=O)(=O)NCC(=O)OCc1ccc(Br)cc1. The molecular weight excluding hydrogens is 396 g/mol. The van der Waals surface area contributed by atoms with Gasteiger partial charge in [-0.15, -0.1) is 0 Å². The first-order valence-electron chi connectivity index (χ1n) is 6.81. The molecule has 1 N–H and O–H groups in total. The van der Waals surface area contributed by atoms with Gasteiger partial charge in [-0.3, -0.25) is 4.79 Å². The predicted molar refractivity (Wildman–Crippen MR) is 90.3 cm³/mol. The highest BCUT2D eigenvalue weighted by Gasteiger charge is 2.19. The Morgan fingerprint density at radius 3 is 2.50 bits per heavy atom. The molecule has 0 radical (unpaired) electrons. The van der Waals surface area contributed by atoms with Crippen LogP contribution < -0.4 is 4.72 Å². The second-order valence-electron chi connectivity index (χ2n) is 4.72. The molecule has 0 amide bonds. The van der Waals surface area contributed by atoms with E-state index in [1.54, 1.807) is 24.3 Å². The smallest absolute Gasteiger partial charge is 0.321 e. The Bertz CT molecular complexity index is 874. The number of sulfonamides is 1. The van der Waals surface area contributed by atoms with Crippen LogP contribution in [0, 0.1) is 11.3 Å². The first kappa shape index (κ1) is 18.1. The lowest BCUT2D eigenvalue weighted by atomic mass is 10.2. The lowest BCUT2D eigenvalue weighted by molar-refractivity contribution is -0.143. The first-order valence-corrected chi connectivity index (χ1v) is 9.09. The maximum absolute atomic E-state index is 12.2. The molecule has 0 bridgehead atoms. The third-order valence-electron chi connectivity index (χ3n) is 3.02. The molecule has 0 aromatic heterocycles. The summed E-state index contributed by atoms with van der Waals surface area (Å²) >= 11 is 3.30. The van der Waals surface area contributed by atoms with E-state index >= 15 is 0 Å². The first-order chi connectivity index (χ1) is 11.4. The molecule has 0 aliphatic heterocycles. The Kier molecular flexibility index (Phi) is 6.09. The molecule has 6 nitrogen and oxygen atoms in total. The molecule has 0 unspecified atom stereocenters. The van der Waals surface area contributed by atoms with Crippen LogP contribution in [0.3, 0.4) is 0 Å². The zero-order chi connectivity index (χ0) is 17.6. The van der Waals surface area contributed by atoms with E-state index in [-0.39, 0.29) is 17.1 Å². The molecule has 2 aromatic carbocycles. The molecule has 0 saturated heterocycles. The molecule has 0 aliphatic carbocycles. The summed E-state index contributed by atoms with van der Waals surface area (Å²) in [4.78, 5) is 11.5. The fourth-order valence-corrected chi connectivity index (χ4v) is 3.21. The number of benzene rings is 2. The van der Waals surface area contributed by atoms with Gasteiger partial charge in [0, 0.05) is 4.47 Å². The summed E-state index contributed by atoms with van der Waals surface area (Å²) in [5.74, 6) is -0.712. The largest absolute Gasteiger partial charge is 0.460 e. The number of nitrogens with zero attached hydrogens (tertiary/aromatic N) is 1. The molecule has 2 aromatic rings. The second kappa shape index (κ2) is 8.06. The van der Waals surface area contributed by atoms with Crippen molar-refractivity contribution in [1.29, 1.82) is 5.26 Å². The fourth-order valence-electron chi connectivity index (χ4n) is 1.82. The van der Waals surface area contributed by atoms with Crippen LogP contribution in [0.2, 0.25) is 0 Å². The number of hydrogen-bond acceptors (Lipinski definition) is 5. The Hall–Kier alpha value is -2.21. The van der Waals surface area contributed by atoms with Gasteiger partial charge >= 0.3 is 5.97 Å². The van der Waals surface area contributed by atoms with E-state index in [2.05, 4.69) is 20.7 Å². The van der Waals surface area contributed by atoms with E-state index in [1.165, 1.54) is 18.2 Å². The highest BCUT2D eigenvalue weighted by Crippen LogP contribution is 2.14. The van der Waals surface area contributed by atoms with E-state index < -0.39 is 22.5 Å². The monoisotopic (exact) mass is 408 g/mol. The Labute approximate surface area is 148 Å². The minimum atomic E-state index is -3.97. The maximum atomic E-state index is 12.2. The van der Waals surface area contributed by atoms with Gasteiger partial charge in [0.05, 0.1) is 10.5 Å². The lowest BCUT2D eigenvalue weighted by Crippen LogP contribution is -2.31. The zero-order valence-corrected chi connectivity index (χ0v) is 14.8. The van der Waals surface area contributed by atoms with Crippen molar-refractivity contribution in [2.24, 2.45) is 0 Å². The topological polar surface area (TPSA) is 96.3 Å². The molecule has 8 heteroatoms. The highest BCUT2D eigenvalue weighted by molar-refractivity contribution is 9.10. The Balaban J connectivity index is 1.93. The van der Waals surface area contributed by atoms with Crippen LogP contribution >= 0.6 is 15.9 Å². The molecular formula is C16H13BrN2O4S. The average Bonchev–Trinajstić information content (AvgIpc) is 2.59. The number of nitrogens with one attached hydrogen (secondary N) is 1. The molecule has 0 atom stereocenters. The second-order valence-corrected chi connectivity index (χ2v) is 7.37. The molecule has 0 aliphatic rings. The van der Waals surface area contributed by atoms with E-state index in [1.807, 2.05) is 12.1 Å². The van der Waals surface area contributed by atoms with Crippen LogP contribution in [0.4, 0.5) is 0 Å². The van der Waals surface area contributed by atoms with Crippen molar-refractivity contribution in [1.82, 2.24) is 4.72 Å². The molecule has 0 saturated carbocycles. The summed E-state index contributed by atoms with van der Waals surface area (Å²) in [6, 6.07) is 14.7. The van der Waals surface area contributed by atoms with Gasteiger partial charge in [0.1, 0.15) is 19.2 Å². The van der Waals surface area contributed by atoms with E-state index in [9.17, 15) is 13.2 Å². The van der Waals surface area contributed by atoms with Crippen molar-refractivity contribution >= 4 is 31.9 Å². The van der Waals surface area contributed by atoms with E-state index in [0.717, 1.165) is 10.0 Å². The summed E-state index contributed by atoms with van der Waals surface area (Å²) in [6.45, 7) is -0.471. The molecule has 0 heterocycles. The number of nitriles is 1. The number of halogens is 1. The molecule has 24 heavy (non-hydrogen) atoms. The van der Waals surface area contributed by atoms with Crippen LogP contribution in [0.1, 0.15) is 11.1 Å². The van der Waals surface area contributed by atoms with E-state index in [4.69, 9.17) is 10.00 Å². The standard InChI is InChI=1S/C16H13BrN2O4S/c17-14-7-5-12(6-8-14)11-23-16(20)10-19-24(21,22)15-4-2-1-3-13(15)9-18/h1-8,19H,10-11H2. The summed E-state index contributed by atoms with van der Waals surface area (Å²) in [5.41, 5.74) is 0.789. The van der Waals surface area contributed by atoms with Gasteiger partial charge in [0.2, 0.25) is 10.0 Å².